The molecule has 3 aromatic rings. The van der Waals surface area contributed by atoms with Crippen LogP contribution in [0.3, 0.4) is 0 Å². The first-order chi connectivity index (χ1) is 14.0. The number of benzene rings is 2. The highest BCUT2D eigenvalue weighted by Gasteiger charge is 2.23. The summed E-state index contributed by atoms with van der Waals surface area (Å²) in [4.78, 5) is 14.6. The van der Waals surface area contributed by atoms with Gasteiger partial charge in [0.05, 0.1) is 21.2 Å². The van der Waals surface area contributed by atoms with E-state index in [1.807, 2.05) is 24.3 Å². The van der Waals surface area contributed by atoms with Gasteiger partial charge in [0.1, 0.15) is 5.75 Å². The van der Waals surface area contributed by atoms with Gasteiger partial charge >= 0.3 is 0 Å². The van der Waals surface area contributed by atoms with Crippen LogP contribution in [0.4, 0.5) is 0 Å². The lowest BCUT2D eigenvalue weighted by Crippen LogP contribution is -2.36. The molecule has 0 amide bonds. The zero-order chi connectivity index (χ0) is 20.4. The average molecular weight is 452 g/mol. The number of aromatic nitrogens is 1. The van der Waals surface area contributed by atoms with E-state index >= 15 is 0 Å². The van der Waals surface area contributed by atoms with Crippen LogP contribution in [-0.4, -0.2) is 17.1 Å². The van der Waals surface area contributed by atoms with Crippen LogP contribution in [0, 0.1) is 0 Å². The van der Waals surface area contributed by atoms with Crippen molar-refractivity contribution in [2.45, 2.75) is 44.4 Å². The highest BCUT2D eigenvalue weighted by atomic mass is 35.5. The number of ether oxygens (including phenoxy) is 1. The van der Waals surface area contributed by atoms with Gasteiger partial charge in [-0.15, -0.1) is 0 Å². The Morgan fingerprint density at radius 1 is 1.03 bits per heavy atom. The topological polar surface area (TPSA) is 54.1 Å². The van der Waals surface area contributed by atoms with Crippen LogP contribution in [0.25, 0.3) is 10.8 Å². The molecule has 29 heavy (non-hydrogen) atoms. The zero-order valence-electron chi connectivity index (χ0n) is 15.7. The fourth-order valence-corrected chi connectivity index (χ4v) is 4.38. The predicted molar refractivity (Wildman–Crippen MR) is 120 cm³/mol. The van der Waals surface area contributed by atoms with Crippen molar-refractivity contribution in [1.82, 2.24) is 10.3 Å². The molecular weight excluding hydrogens is 431 g/mol. The number of hydrogen-bond acceptors (Lipinski definition) is 3. The van der Waals surface area contributed by atoms with E-state index < -0.39 is 0 Å². The van der Waals surface area contributed by atoms with Crippen molar-refractivity contribution < 1.29 is 4.74 Å². The Bertz CT molecular complexity index is 1080. The van der Waals surface area contributed by atoms with Crippen LogP contribution in [0.15, 0.2) is 47.4 Å². The molecule has 4 nitrogen and oxygen atoms in total. The van der Waals surface area contributed by atoms with E-state index in [1.165, 1.54) is 0 Å². The smallest absolute Gasteiger partial charge is 0.255 e. The Hall–Kier alpha value is -1.72. The Labute approximate surface area is 184 Å². The van der Waals surface area contributed by atoms with Crippen molar-refractivity contribution >= 4 is 45.6 Å². The van der Waals surface area contributed by atoms with Gasteiger partial charge in [-0.3, -0.25) is 4.79 Å². The van der Waals surface area contributed by atoms with Crippen LogP contribution >= 0.6 is 34.8 Å². The minimum absolute atomic E-state index is 0.111. The Morgan fingerprint density at radius 3 is 2.62 bits per heavy atom. The maximum atomic E-state index is 11.9. The van der Waals surface area contributed by atoms with E-state index in [-0.39, 0.29) is 11.7 Å². The molecule has 0 radical (unpaired) electrons. The number of H-pyrrole nitrogens is 1. The zero-order valence-corrected chi connectivity index (χ0v) is 17.9. The van der Waals surface area contributed by atoms with Crippen molar-refractivity contribution in [2.75, 3.05) is 0 Å². The molecule has 0 spiro atoms. The summed E-state index contributed by atoms with van der Waals surface area (Å²) in [7, 11) is 0. The second-order valence-electron chi connectivity index (χ2n) is 7.36. The summed E-state index contributed by atoms with van der Waals surface area (Å²) in [5, 5.41) is 6.62. The maximum absolute atomic E-state index is 11.9. The lowest BCUT2D eigenvalue weighted by molar-refractivity contribution is 0.139. The van der Waals surface area contributed by atoms with Crippen molar-refractivity contribution in [2.24, 2.45) is 0 Å². The molecule has 1 aromatic heterocycles. The second-order valence-corrected chi connectivity index (χ2v) is 8.55. The molecule has 4 rings (SSSR count). The summed E-state index contributed by atoms with van der Waals surface area (Å²) >= 11 is 18.7. The summed E-state index contributed by atoms with van der Waals surface area (Å²) in [6, 6.07) is 11.5. The molecule has 1 aliphatic carbocycles. The first-order valence-electron chi connectivity index (χ1n) is 9.65. The molecule has 0 saturated heterocycles. The molecule has 152 valence electrons. The fraction of sp³-hybridized carbons (Fsp3) is 0.318. The van der Waals surface area contributed by atoms with Gasteiger partial charge in [0.2, 0.25) is 0 Å². The fourth-order valence-electron chi connectivity index (χ4n) is 3.78. The monoisotopic (exact) mass is 450 g/mol. The van der Waals surface area contributed by atoms with Gasteiger partial charge in [-0.2, -0.15) is 0 Å². The Kier molecular flexibility index (Phi) is 6.35. The van der Waals surface area contributed by atoms with Crippen LogP contribution in [-0.2, 0) is 6.54 Å². The number of pyridine rings is 1. The van der Waals surface area contributed by atoms with E-state index in [2.05, 4.69) is 10.3 Å². The summed E-state index contributed by atoms with van der Waals surface area (Å²) in [5.41, 5.74) is 0.859. The number of hydrogen-bond donors (Lipinski definition) is 2. The van der Waals surface area contributed by atoms with Crippen molar-refractivity contribution in [1.29, 1.82) is 0 Å². The van der Waals surface area contributed by atoms with Crippen LogP contribution in [0.1, 0.15) is 31.2 Å². The van der Waals surface area contributed by atoms with Gasteiger partial charge in [-0.1, -0.05) is 46.9 Å². The van der Waals surface area contributed by atoms with Gasteiger partial charge < -0.3 is 15.0 Å². The third-order valence-electron chi connectivity index (χ3n) is 5.41. The molecule has 0 bridgehead atoms. The standard InChI is InChI=1S/C22H21Cl3N2O2/c23-18-3-1-2-14(21(18)25)12-27-15-4-6-16(7-5-15)29-20-10-13-8-9-26-22(28)17(13)11-19(20)24/h1-3,8-11,15-16,27H,4-7,12H2,(H,26,28). The van der Waals surface area contributed by atoms with Gasteiger partial charge in [0.25, 0.3) is 5.56 Å². The van der Waals surface area contributed by atoms with Gasteiger partial charge in [-0.05, 0) is 60.9 Å². The predicted octanol–water partition coefficient (Wildman–Crippen LogP) is 5.97. The van der Waals surface area contributed by atoms with Crippen LogP contribution < -0.4 is 15.6 Å². The molecule has 2 aromatic carbocycles. The first-order valence-corrected chi connectivity index (χ1v) is 10.8. The molecule has 1 heterocycles. The van der Waals surface area contributed by atoms with E-state index in [4.69, 9.17) is 39.5 Å². The van der Waals surface area contributed by atoms with Crippen molar-refractivity contribution in [3.63, 3.8) is 0 Å². The third kappa shape index (κ3) is 4.72. The molecule has 1 fully saturated rings. The van der Waals surface area contributed by atoms with Gasteiger partial charge in [0.15, 0.2) is 0 Å². The lowest BCUT2D eigenvalue weighted by atomic mass is 9.92. The second kappa shape index (κ2) is 8.97. The molecule has 1 aliphatic rings. The van der Waals surface area contributed by atoms with Crippen molar-refractivity contribution in [3.8, 4) is 5.75 Å². The van der Waals surface area contributed by atoms with E-state index in [0.717, 1.165) is 36.6 Å². The minimum Gasteiger partial charge on any atom is -0.489 e. The Balaban J connectivity index is 1.34. The molecule has 1 saturated carbocycles. The van der Waals surface area contributed by atoms with Gasteiger partial charge in [-0.25, -0.2) is 0 Å². The number of halogens is 3. The largest absolute Gasteiger partial charge is 0.489 e. The molecular formula is C22H21Cl3N2O2. The molecule has 0 aliphatic heterocycles. The van der Waals surface area contributed by atoms with Crippen molar-refractivity contribution in [3.05, 3.63) is 73.6 Å². The minimum atomic E-state index is -0.151. The molecule has 0 unspecified atom stereocenters. The van der Waals surface area contributed by atoms with Gasteiger partial charge in [0, 0.05) is 24.2 Å². The summed E-state index contributed by atoms with van der Waals surface area (Å²) < 4.78 is 6.17. The average Bonchev–Trinajstić information content (AvgIpc) is 2.71. The number of rotatable bonds is 5. The quantitative estimate of drug-likeness (QED) is 0.502. The lowest BCUT2D eigenvalue weighted by Gasteiger charge is -2.30. The summed E-state index contributed by atoms with van der Waals surface area (Å²) in [6.07, 6.45) is 5.63. The van der Waals surface area contributed by atoms with Crippen LogP contribution in [0.5, 0.6) is 5.75 Å². The maximum Gasteiger partial charge on any atom is 0.255 e. The molecule has 0 atom stereocenters. The Morgan fingerprint density at radius 2 is 1.83 bits per heavy atom. The first kappa shape index (κ1) is 20.5. The summed E-state index contributed by atoms with van der Waals surface area (Å²) in [6.45, 7) is 0.695. The number of fused-ring (bicyclic) bond motifs is 1. The number of aromatic amines is 1. The molecule has 7 heteroatoms. The third-order valence-corrected chi connectivity index (χ3v) is 6.56. The van der Waals surface area contributed by atoms with E-state index in [9.17, 15) is 4.79 Å². The van der Waals surface area contributed by atoms with E-state index in [0.29, 0.717) is 38.8 Å². The normalized spacial score (nSPS) is 19.4. The van der Waals surface area contributed by atoms with Crippen LogP contribution in [0.2, 0.25) is 15.1 Å². The molecule has 2 N–H and O–H groups in total. The van der Waals surface area contributed by atoms with E-state index in [1.54, 1.807) is 18.3 Å². The highest BCUT2D eigenvalue weighted by molar-refractivity contribution is 6.42. The summed E-state index contributed by atoms with van der Waals surface area (Å²) in [5.74, 6) is 0.631. The SMILES string of the molecule is O=c1[nH]ccc2cc(OC3CCC(NCc4cccc(Cl)c4Cl)CC3)c(Cl)cc12. The highest BCUT2D eigenvalue weighted by Crippen LogP contribution is 2.32. The number of nitrogens with one attached hydrogen (secondary N) is 2.